The molecule has 2 saturated heterocycles. The highest BCUT2D eigenvalue weighted by molar-refractivity contribution is 6.05. The van der Waals surface area contributed by atoms with Gasteiger partial charge in [0.05, 0.1) is 18.3 Å². The first-order chi connectivity index (χ1) is 23.1. The van der Waals surface area contributed by atoms with Gasteiger partial charge in [0.25, 0.3) is 0 Å². The Bertz CT molecular complexity index is 1860. The lowest BCUT2D eigenvalue weighted by molar-refractivity contribution is -0.152. The molecule has 4 aromatic rings. The van der Waals surface area contributed by atoms with Crippen molar-refractivity contribution in [3.05, 3.63) is 78.0 Å². The van der Waals surface area contributed by atoms with E-state index >= 15 is 0 Å². The van der Waals surface area contributed by atoms with Crippen LogP contribution in [0, 0.1) is 28.9 Å². The second-order valence-electron chi connectivity index (χ2n) is 12.8. The van der Waals surface area contributed by atoms with Gasteiger partial charge in [-0.05, 0) is 61.2 Å². The van der Waals surface area contributed by atoms with Gasteiger partial charge < -0.3 is 10.4 Å². The summed E-state index contributed by atoms with van der Waals surface area (Å²) in [5, 5.41) is 26.2. The molecule has 0 unspecified atom stereocenters. The highest BCUT2D eigenvalue weighted by atomic mass is 19.4. The van der Waals surface area contributed by atoms with Crippen molar-refractivity contribution in [1.29, 1.82) is 5.26 Å². The van der Waals surface area contributed by atoms with Gasteiger partial charge in [0.2, 0.25) is 5.91 Å². The van der Waals surface area contributed by atoms with Crippen molar-refractivity contribution in [3.63, 3.8) is 0 Å². The molecular formula is C37H36F3N5O3. The van der Waals surface area contributed by atoms with Gasteiger partial charge in [-0.2, -0.15) is 18.4 Å². The van der Waals surface area contributed by atoms with Crippen LogP contribution in [0.1, 0.15) is 43.2 Å². The van der Waals surface area contributed by atoms with Crippen molar-refractivity contribution >= 4 is 33.4 Å². The van der Waals surface area contributed by atoms with E-state index in [9.17, 15) is 33.1 Å². The topological polar surface area (TPSA) is 110 Å². The van der Waals surface area contributed by atoms with Crippen LogP contribution in [0.2, 0.25) is 0 Å². The lowest BCUT2D eigenvalue weighted by Gasteiger charge is -2.36. The first-order valence-corrected chi connectivity index (χ1v) is 16.2. The molecule has 0 bridgehead atoms. The highest BCUT2D eigenvalue weighted by Crippen LogP contribution is 2.36. The number of piperidine rings is 2. The minimum absolute atomic E-state index is 0.102. The van der Waals surface area contributed by atoms with E-state index in [2.05, 4.69) is 34.5 Å². The maximum absolute atomic E-state index is 13.4. The average Bonchev–Trinajstić information content (AvgIpc) is 3.08. The smallest absolute Gasteiger partial charge is 0.401 e. The number of nitriles is 1. The molecule has 1 amide bonds. The largest absolute Gasteiger partial charge is 0.480 e. The average molecular weight is 656 g/mol. The zero-order chi connectivity index (χ0) is 33.9. The Labute approximate surface area is 277 Å². The maximum Gasteiger partial charge on any atom is 0.401 e. The third kappa shape index (κ3) is 7.08. The first kappa shape index (κ1) is 33.2. The number of carbonyl (C=O) groups excluding carboxylic acids is 1. The van der Waals surface area contributed by atoms with Crippen LogP contribution < -0.4 is 5.32 Å². The number of fused-ring (bicyclic) bond motifs is 2. The van der Waals surface area contributed by atoms with Crippen molar-refractivity contribution in [2.45, 2.75) is 57.3 Å². The lowest BCUT2D eigenvalue weighted by atomic mass is 9.78. The van der Waals surface area contributed by atoms with E-state index in [1.165, 1.54) is 24.8 Å². The Morgan fingerprint density at radius 1 is 0.979 bits per heavy atom. The highest BCUT2D eigenvalue weighted by Gasteiger charge is 2.45. The Morgan fingerprint density at radius 2 is 1.69 bits per heavy atom. The molecule has 2 aliphatic rings. The molecule has 1 atom stereocenters. The van der Waals surface area contributed by atoms with Crippen LogP contribution in [0.3, 0.4) is 0 Å². The van der Waals surface area contributed by atoms with Crippen LogP contribution in [0.5, 0.6) is 0 Å². The second kappa shape index (κ2) is 13.8. The number of halogens is 3. The van der Waals surface area contributed by atoms with Crippen LogP contribution in [0.25, 0.3) is 32.8 Å². The number of amides is 1. The van der Waals surface area contributed by atoms with Crippen LogP contribution in [-0.4, -0.2) is 76.7 Å². The quantitative estimate of drug-likeness (QED) is 0.230. The molecule has 0 aliphatic carbocycles. The number of hydrogen-bond donors (Lipinski definition) is 2. The summed E-state index contributed by atoms with van der Waals surface area (Å²) in [5.41, 5.74) is 1.70. The molecule has 1 aromatic heterocycles. The molecule has 3 heterocycles. The molecule has 0 radical (unpaired) electrons. The number of alkyl halides is 3. The van der Waals surface area contributed by atoms with Gasteiger partial charge in [-0.25, -0.2) is 4.79 Å². The van der Waals surface area contributed by atoms with E-state index in [0.29, 0.717) is 5.56 Å². The van der Waals surface area contributed by atoms with Crippen LogP contribution >= 0.6 is 0 Å². The van der Waals surface area contributed by atoms with Crippen molar-refractivity contribution in [3.8, 4) is 17.3 Å². The molecule has 2 N–H and O–H groups in total. The molecule has 48 heavy (non-hydrogen) atoms. The number of pyridine rings is 1. The summed E-state index contributed by atoms with van der Waals surface area (Å²) in [6.45, 7) is 1.65. The summed E-state index contributed by atoms with van der Waals surface area (Å²) in [6.07, 6.45) is 0.812. The van der Waals surface area contributed by atoms with E-state index in [-0.39, 0.29) is 32.4 Å². The summed E-state index contributed by atoms with van der Waals surface area (Å²) < 4.78 is 38.6. The molecule has 8 nitrogen and oxygen atoms in total. The van der Waals surface area contributed by atoms with Crippen molar-refractivity contribution in [2.75, 3.05) is 32.7 Å². The number of likely N-dealkylation sites (tertiary alicyclic amines) is 2. The summed E-state index contributed by atoms with van der Waals surface area (Å²) in [5.74, 6) is -2.10. The third-order valence-electron chi connectivity index (χ3n) is 9.62. The Kier molecular flexibility index (Phi) is 9.54. The molecule has 248 valence electrons. The second-order valence-corrected chi connectivity index (χ2v) is 12.8. The molecule has 2 aliphatic heterocycles. The minimum Gasteiger partial charge on any atom is -0.480 e. The predicted molar refractivity (Wildman–Crippen MR) is 175 cm³/mol. The van der Waals surface area contributed by atoms with Gasteiger partial charge in [-0.3, -0.25) is 19.6 Å². The summed E-state index contributed by atoms with van der Waals surface area (Å²) in [6, 6.07) is 22.3. The fourth-order valence-electron chi connectivity index (χ4n) is 7.00. The Balaban J connectivity index is 1.26. The van der Waals surface area contributed by atoms with Gasteiger partial charge >= 0.3 is 12.1 Å². The number of benzene rings is 2. The van der Waals surface area contributed by atoms with Gasteiger partial charge in [0.1, 0.15) is 11.5 Å². The number of aromatic nitrogens is 1. The fourth-order valence-corrected chi connectivity index (χ4v) is 7.00. The summed E-state index contributed by atoms with van der Waals surface area (Å²) in [4.78, 5) is 34.3. The Morgan fingerprint density at radius 3 is 2.38 bits per heavy atom. The number of hydrogen-bond acceptors (Lipinski definition) is 6. The third-order valence-corrected chi connectivity index (χ3v) is 9.62. The van der Waals surface area contributed by atoms with Gasteiger partial charge in [0.15, 0.2) is 0 Å². The van der Waals surface area contributed by atoms with Crippen LogP contribution in [0.15, 0.2) is 54.7 Å². The molecule has 6 rings (SSSR count). The number of carbonyl (C=O) groups is 2. The number of aliphatic carboxylic acids is 1. The predicted octanol–water partition coefficient (Wildman–Crippen LogP) is 5.92. The Hall–Kier alpha value is -4.71. The van der Waals surface area contributed by atoms with E-state index in [4.69, 9.17) is 4.98 Å². The fraction of sp³-hybridized carbons (Fsp3) is 0.405. The number of rotatable bonds is 9. The zero-order valence-corrected chi connectivity index (χ0v) is 26.4. The zero-order valence-electron chi connectivity index (χ0n) is 26.4. The normalized spacial score (nSPS) is 17.8. The molecule has 2 fully saturated rings. The molecule has 3 aromatic carbocycles. The number of nitrogens with zero attached hydrogens (tertiary/aromatic N) is 4. The maximum atomic E-state index is 13.4. The number of nitrogens with one attached hydrogen (secondary N) is 1. The SMILES string of the molecule is N#CC1(C(=O)N[C@@H](Cc2c#ccc3c(-c4ncc(CN5CCCCC5)c5ccccc45)cccc23)C(=O)O)CCN(CC(F)(F)F)CC1. The lowest BCUT2D eigenvalue weighted by Crippen LogP contribution is -2.53. The van der Waals surface area contributed by atoms with Gasteiger partial charge in [0, 0.05) is 54.2 Å². The minimum atomic E-state index is -4.39. The van der Waals surface area contributed by atoms with Crippen molar-refractivity contribution in [2.24, 2.45) is 5.41 Å². The number of carboxylic acid groups (broad SMARTS) is 1. The van der Waals surface area contributed by atoms with E-state index in [1.54, 1.807) is 6.07 Å². The van der Waals surface area contributed by atoms with Crippen LogP contribution in [0.4, 0.5) is 13.2 Å². The van der Waals surface area contributed by atoms with Crippen molar-refractivity contribution < 1.29 is 27.9 Å². The first-order valence-electron chi connectivity index (χ1n) is 16.2. The summed E-state index contributed by atoms with van der Waals surface area (Å²) in [7, 11) is 0. The van der Waals surface area contributed by atoms with E-state index in [1.807, 2.05) is 42.6 Å². The van der Waals surface area contributed by atoms with Crippen LogP contribution in [-0.2, 0) is 22.6 Å². The molecule has 11 heteroatoms. The van der Waals surface area contributed by atoms with E-state index in [0.717, 1.165) is 57.3 Å². The van der Waals surface area contributed by atoms with Gasteiger partial charge in [-0.1, -0.05) is 61.0 Å². The van der Waals surface area contributed by atoms with Crippen molar-refractivity contribution in [1.82, 2.24) is 20.1 Å². The molecule has 0 saturated carbocycles. The van der Waals surface area contributed by atoms with E-state index < -0.39 is 36.1 Å². The molecular weight excluding hydrogens is 619 g/mol. The monoisotopic (exact) mass is 655 g/mol. The standard InChI is InChI=1S/C37H36F3N5O3/c38-37(39,40)24-45-18-14-36(23-41,15-19-45)35(48)43-32(34(46)47)20-25-8-6-12-29-27(25)11-7-13-31(29)33-30-10-3-2-9-28(30)26(21-42-33)22-44-16-4-1-5-17-44/h2-3,7,9-13,21,32H,1,4-5,14-20,22,24H2,(H,43,48)(H,46,47)/t32-/m0/s1. The van der Waals surface area contributed by atoms with Gasteiger partial charge in [-0.15, -0.1) is 0 Å². The summed E-state index contributed by atoms with van der Waals surface area (Å²) >= 11 is 0. The molecule has 0 spiro atoms. The number of carboxylic acids is 1.